The van der Waals surface area contributed by atoms with Crippen LogP contribution in [0, 0.1) is 13.8 Å². The molecule has 0 fully saturated rings. The molecule has 21 heavy (non-hydrogen) atoms. The zero-order valence-electron chi connectivity index (χ0n) is 12.3. The molecule has 0 unspecified atom stereocenters. The van der Waals surface area contributed by atoms with Crippen molar-refractivity contribution in [3.63, 3.8) is 0 Å². The molecule has 0 atom stereocenters. The second-order valence-corrected chi connectivity index (χ2v) is 5.61. The molecule has 4 nitrogen and oxygen atoms in total. The molecular weight excluding hydrogens is 307 g/mol. The third-order valence-corrected chi connectivity index (χ3v) is 3.55. The van der Waals surface area contributed by atoms with Gasteiger partial charge >= 0.3 is 0 Å². The van der Waals surface area contributed by atoms with Crippen LogP contribution in [-0.2, 0) is 0 Å². The van der Waals surface area contributed by atoms with Crippen molar-refractivity contribution in [2.75, 3.05) is 17.2 Å². The predicted octanol–water partition coefficient (Wildman–Crippen LogP) is 4.97. The maximum absolute atomic E-state index is 6.18. The molecule has 0 saturated heterocycles. The Morgan fingerprint density at radius 1 is 1.10 bits per heavy atom. The monoisotopic (exact) mass is 324 g/mol. The molecule has 0 spiro atoms. The lowest BCUT2D eigenvalue weighted by Gasteiger charge is -2.15. The van der Waals surface area contributed by atoms with Crippen LogP contribution in [0.3, 0.4) is 0 Å². The Hall–Kier alpha value is -1.52. The van der Waals surface area contributed by atoms with Crippen LogP contribution < -0.4 is 10.6 Å². The fraction of sp³-hybridized carbons (Fsp3) is 0.333. The first-order valence-corrected chi connectivity index (χ1v) is 7.58. The van der Waals surface area contributed by atoms with Gasteiger partial charge in [-0.3, -0.25) is 0 Å². The Bertz CT molecular complexity index is 644. The highest BCUT2D eigenvalue weighted by Crippen LogP contribution is 2.30. The Morgan fingerprint density at radius 2 is 1.81 bits per heavy atom. The second-order valence-electron chi connectivity index (χ2n) is 4.77. The van der Waals surface area contributed by atoms with Crippen LogP contribution in [0.25, 0.3) is 0 Å². The van der Waals surface area contributed by atoms with Crippen molar-refractivity contribution in [3.8, 4) is 0 Å². The molecule has 0 saturated carbocycles. The topological polar surface area (TPSA) is 49.8 Å². The number of halogens is 2. The van der Waals surface area contributed by atoms with Crippen molar-refractivity contribution in [1.29, 1.82) is 0 Å². The Balaban J connectivity index is 2.35. The van der Waals surface area contributed by atoms with Gasteiger partial charge in [0.15, 0.2) is 0 Å². The molecule has 1 aromatic heterocycles. The van der Waals surface area contributed by atoms with Gasteiger partial charge < -0.3 is 10.6 Å². The molecule has 1 heterocycles. The lowest BCUT2D eigenvalue weighted by atomic mass is 10.2. The molecule has 0 bridgehead atoms. The molecule has 0 aliphatic heterocycles. The van der Waals surface area contributed by atoms with Crippen LogP contribution >= 0.6 is 23.2 Å². The third kappa shape index (κ3) is 3.99. The molecule has 6 heteroatoms. The van der Waals surface area contributed by atoms with Crippen molar-refractivity contribution < 1.29 is 0 Å². The van der Waals surface area contributed by atoms with Crippen molar-refractivity contribution in [2.45, 2.75) is 27.2 Å². The van der Waals surface area contributed by atoms with E-state index in [1.54, 1.807) is 18.2 Å². The number of nitrogens with zero attached hydrogens (tertiary/aromatic N) is 2. The number of hydrogen-bond donors (Lipinski definition) is 2. The molecule has 2 aromatic rings. The average molecular weight is 325 g/mol. The Morgan fingerprint density at radius 3 is 2.52 bits per heavy atom. The van der Waals surface area contributed by atoms with Crippen molar-refractivity contribution in [3.05, 3.63) is 39.6 Å². The zero-order chi connectivity index (χ0) is 15.4. The number of rotatable bonds is 5. The first kappa shape index (κ1) is 15.9. The van der Waals surface area contributed by atoms with Gasteiger partial charge in [-0.05, 0) is 38.5 Å². The number of aryl methyl sites for hydroxylation is 1. The minimum Gasteiger partial charge on any atom is -0.370 e. The summed E-state index contributed by atoms with van der Waals surface area (Å²) in [5.74, 6) is 2.26. The predicted molar refractivity (Wildman–Crippen MR) is 90.0 cm³/mol. The summed E-state index contributed by atoms with van der Waals surface area (Å²) in [5.41, 5.74) is 1.68. The largest absolute Gasteiger partial charge is 0.370 e. The molecule has 0 aliphatic carbocycles. The van der Waals surface area contributed by atoms with Crippen LogP contribution in [0.4, 0.5) is 17.3 Å². The average Bonchev–Trinajstić information content (AvgIpc) is 2.44. The molecular formula is C15H18Cl2N4. The molecule has 0 radical (unpaired) electrons. The lowest BCUT2D eigenvalue weighted by molar-refractivity contribution is 0.948. The summed E-state index contributed by atoms with van der Waals surface area (Å²) in [5, 5.41) is 7.75. The number of benzene rings is 1. The zero-order valence-corrected chi connectivity index (χ0v) is 13.8. The van der Waals surface area contributed by atoms with Crippen LogP contribution in [0.1, 0.15) is 24.7 Å². The van der Waals surface area contributed by atoms with E-state index in [2.05, 4.69) is 27.5 Å². The summed E-state index contributed by atoms with van der Waals surface area (Å²) in [6.45, 7) is 6.81. The summed E-state index contributed by atoms with van der Waals surface area (Å²) in [4.78, 5) is 8.87. The first-order chi connectivity index (χ1) is 10.0. The van der Waals surface area contributed by atoms with E-state index in [0.29, 0.717) is 15.9 Å². The van der Waals surface area contributed by atoms with E-state index in [9.17, 15) is 0 Å². The summed E-state index contributed by atoms with van der Waals surface area (Å²) in [6.07, 6.45) is 1.03. The smallest absolute Gasteiger partial charge is 0.139 e. The van der Waals surface area contributed by atoms with Gasteiger partial charge in [-0.2, -0.15) is 0 Å². The van der Waals surface area contributed by atoms with E-state index in [-0.39, 0.29) is 0 Å². The van der Waals surface area contributed by atoms with Crippen molar-refractivity contribution >= 4 is 40.5 Å². The highest BCUT2D eigenvalue weighted by Gasteiger charge is 2.11. The normalized spacial score (nSPS) is 10.5. The van der Waals surface area contributed by atoms with E-state index in [0.717, 1.165) is 35.9 Å². The standard InChI is InChI=1S/C15H18Cl2N4/c1-4-7-18-14-9(2)15(20-10(3)19-14)21-13-8-11(16)5-6-12(13)17/h5-6,8H,4,7H2,1-3H3,(H2,18,19,20,21). The Kier molecular flexibility index (Phi) is 5.26. The third-order valence-electron chi connectivity index (χ3n) is 2.98. The van der Waals surface area contributed by atoms with E-state index in [4.69, 9.17) is 23.2 Å². The number of anilines is 3. The van der Waals surface area contributed by atoms with Gasteiger partial charge in [-0.25, -0.2) is 9.97 Å². The van der Waals surface area contributed by atoms with Gasteiger partial charge in [0.05, 0.1) is 10.7 Å². The van der Waals surface area contributed by atoms with Gasteiger partial charge in [0.1, 0.15) is 17.5 Å². The van der Waals surface area contributed by atoms with Crippen molar-refractivity contribution in [2.24, 2.45) is 0 Å². The first-order valence-electron chi connectivity index (χ1n) is 6.82. The highest BCUT2D eigenvalue weighted by atomic mass is 35.5. The summed E-state index contributed by atoms with van der Waals surface area (Å²) in [7, 11) is 0. The summed E-state index contributed by atoms with van der Waals surface area (Å²) < 4.78 is 0. The maximum Gasteiger partial charge on any atom is 0.139 e. The van der Waals surface area contributed by atoms with Gasteiger partial charge in [0.2, 0.25) is 0 Å². The molecule has 112 valence electrons. The van der Waals surface area contributed by atoms with Gasteiger partial charge in [-0.1, -0.05) is 30.1 Å². The summed E-state index contributed by atoms with van der Waals surface area (Å²) in [6, 6.07) is 5.28. The SMILES string of the molecule is CCCNc1nc(C)nc(Nc2cc(Cl)ccc2Cl)c1C. The van der Waals surface area contributed by atoms with Gasteiger partial charge in [0, 0.05) is 17.1 Å². The number of hydrogen-bond acceptors (Lipinski definition) is 4. The molecule has 0 aliphatic rings. The van der Waals surface area contributed by atoms with Gasteiger partial charge in [-0.15, -0.1) is 0 Å². The molecule has 1 aromatic carbocycles. The van der Waals surface area contributed by atoms with Gasteiger partial charge in [0.25, 0.3) is 0 Å². The van der Waals surface area contributed by atoms with Crippen molar-refractivity contribution in [1.82, 2.24) is 9.97 Å². The second kappa shape index (κ2) is 6.96. The van der Waals surface area contributed by atoms with E-state index in [1.807, 2.05) is 13.8 Å². The molecule has 2 N–H and O–H groups in total. The number of nitrogens with one attached hydrogen (secondary N) is 2. The van der Waals surface area contributed by atoms with E-state index < -0.39 is 0 Å². The fourth-order valence-corrected chi connectivity index (χ4v) is 2.22. The minimum atomic E-state index is 0.595. The summed E-state index contributed by atoms with van der Waals surface area (Å²) >= 11 is 12.2. The Labute approximate surface area is 134 Å². The highest BCUT2D eigenvalue weighted by molar-refractivity contribution is 6.35. The fourth-order valence-electron chi connectivity index (χ4n) is 1.89. The lowest BCUT2D eigenvalue weighted by Crippen LogP contribution is -2.09. The van der Waals surface area contributed by atoms with Crippen LogP contribution in [0.2, 0.25) is 10.0 Å². The number of aromatic nitrogens is 2. The van der Waals surface area contributed by atoms with Crippen LogP contribution in [0.15, 0.2) is 18.2 Å². The minimum absolute atomic E-state index is 0.595. The maximum atomic E-state index is 6.18. The van der Waals surface area contributed by atoms with E-state index >= 15 is 0 Å². The van der Waals surface area contributed by atoms with E-state index in [1.165, 1.54) is 0 Å². The quantitative estimate of drug-likeness (QED) is 0.815. The van der Waals surface area contributed by atoms with Crippen LogP contribution in [-0.4, -0.2) is 16.5 Å². The molecule has 2 rings (SSSR count). The van der Waals surface area contributed by atoms with Crippen LogP contribution in [0.5, 0.6) is 0 Å². The molecule has 0 amide bonds.